The third kappa shape index (κ3) is 4.97. The molecule has 3 heterocycles. The van der Waals surface area contributed by atoms with Crippen LogP contribution in [0.4, 0.5) is 20.8 Å². The zero-order chi connectivity index (χ0) is 25.5. The quantitative estimate of drug-likeness (QED) is 0.409. The Balaban J connectivity index is 1.64. The zero-order valence-electron chi connectivity index (χ0n) is 19.7. The number of pyridine rings is 1. The van der Waals surface area contributed by atoms with Crippen LogP contribution in [0.25, 0.3) is 22.2 Å². The van der Waals surface area contributed by atoms with Gasteiger partial charge in [0.05, 0.1) is 22.2 Å². The second kappa shape index (κ2) is 9.02. The van der Waals surface area contributed by atoms with Crippen LogP contribution in [0.3, 0.4) is 0 Å². The number of fused-ring (bicyclic) bond motifs is 1. The van der Waals surface area contributed by atoms with E-state index in [-0.39, 0.29) is 27.7 Å². The summed E-state index contributed by atoms with van der Waals surface area (Å²) in [6.07, 6.45) is 2.92. The van der Waals surface area contributed by atoms with Gasteiger partial charge in [-0.05, 0) is 23.8 Å². The molecule has 35 heavy (non-hydrogen) atoms. The van der Waals surface area contributed by atoms with E-state index in [9.17, 15) is 18.2 Å². The van der Waals surface area contributed by atoms with Gasteiger partial charge in [-0.15, -0.1) is 0 Å². The summed E-state index contributed by atoms with van der Waals surface area (Å²) < 4.78 is 32.6. The van der Waals surface area contributed by atoms with Crippen molar-refractivity contribution in [3.05, 3.63) is 58.4 Å². The van der Waals surface area contributed by atoms with Crippen molar-refractivity contribution in [2.45, 2.75) is 31.3 Å². The molecule has 4 rings (SSSR count). The fourth-order valence-electron chi connectivity index (χ4n) is 3.32. The first-order valence-corrected chi connectivity index (χ1v) is 12.0. The first-order valence-electron chi connectivity index (χ1n) is 10.5. The number of nitrogens with zero attached hydrogens (tertiary/aromatic N) is 4. The van der Waals surface area contributed by atoms with E-state index < -0.39 is 28.2 Å². The summed E-state index contributed by atoms with van der Waals surface area (Å²) >= 11 is 0. The molecule has 0 spiro atoms. The van der Waals surface area contributed by atoms with E-state index in [4.69, 9.17) is 4.52 Å². The highest BCUT2D eigenvalue weighted by Gasteiger charge is 2.20. The summed E-state index contributed by atoms with van der Waals surface area (Å²) in [5.41, 5.74) is 0.791. The SMILES string of the molecule is Cn1c(=O)c(-c2ccc(F)c(NC(=O)Nc3cc(C(C)(C)C)no3)c2)cc2cnc(S(C)=O)nc21. The van der Waals surface area contributed by atoms with E-state index in [1.165, 1.54) is 36.2 Å². The van der Waals surface area contributed by atoms with Crippen molar-refractivity contribution in [3.63, 3.8) is 0 Å². The number of halogens is 1. The molecule has 3 aromatic heterocycles. The molecule has 2 N–H and O–H groups in total. The van der Waals surface area contributed by atoms with Gasteiger partial charge in [-0.2, -0.15) is 0 Å². The van der Waals surface area contributed by atoms with Crippen molar-refractivity contribution >= 4 is 39.4 Å². The van der Waals surface area contributed by atoms with Gasteiger partial charge in [0.15, 0.2) is 0 Å². The van der Waals surface area contributed by atoms with Crippen LogP contribution in [0.2, 0.25) is 0 Å². The number of hydrogen-bond donors (Lipinski definition) is 2. The van der Waals surface area contributed by atoms with Gasteiger partial charge in [0.25, 0.3) is 5.56 Å². The minimum absolute atomic E-state index is 0.111. The number of aryl methyl sites for hydroxylation is 1. The number of benzene rings is 1. The Bertz CT molecular complexity index is 1540. The van der Waals surface area contributed by atoms with E-state index in [1.807, 2.05) is 20.8 Å². The Hall–Kier alpha value is -3.93. The summed E-state index contributed by atoms with van der Waals surface area (Å²) in [5.74, 6) is -0.576. The molecule has 182 valence electrons. The van der Waals surface area contributed by atoms with E-state index in [0.717, 1.165) is 6.07 Å². The van der Waals surface area contributed by atoms with Gasteiger partial charge in [0.1, 0.15) is 11.5 Å². The molecule has 0 saturated carbocycles. The van der Waals surface area contributed by atoms with Gasteiger partial charge in [-0.25, -0.2) is 19.2 Å². The highest BCUT2D eigenvalue weighted by atomic mass is 32.2. The number of rotatable bonds is 4. The van der Waals surface area contributed by atoms with E-state index in [0.29, 0.717) is 22.3 Å². The van der Waals surface area contributed by atoms with Crippen LogP contribution in [-0.4, -0.2) is 36.2 Å². The summed E-state index contributed by atoms with van der Waals surface area (Å²) in [6, 6.07) is 6.36. The Labute approximate surface area is 202 Å². The molecule has 1 unspecified atom stereocenters. The maximum absolute atomic E-state index is 14.5. The summed E-state index contributed by atoms with van der Waals surface area (Å²) in [6.45, 7) is 5.84. The van der Waals surface area contributed by atoms with Crippen LogP contribution in [0.5, 0.6) is 0 Å². The van der Waals surface area contributed by atoms with Crippen molar-refractivity contribution in [2.75, 3.05) is 16.9 Å². The topological polar surface area (TPSA) is 132 Å². The fourth-order valence-corrected chi connectivity index (χ4v) is 3.73. The molecule has 0 radical (unpaired) electrons. The molecule has 0 aliphatic rings. The molecule has 0 saturated heterocycles. The first kappa shape index (κ1) is 24.2. The van der Waals surface area contributed by atoms with Crippen molar-refractivity contribution in [3.8, 4) is 11.1 Å². The molecule has 0 fully saturated rings. The van der Waals surface area contributed by atoms with Crippen molar-refractivity contribution in [1.82, 2.24) is 19.7 Å². The fraction of sp³-hybridized carbons (Fsp3) is 0.261. The number of carbonyl (C=O) groups excluding carboxylic acids is 1. The minimum atomic E-state index is -1.41. The predicted octanol–water partition coefficient (Wildman–Crippen LogP) is 3.80. The molecule has 4 aromatic rings. The maximum atomic E-state index is 14.5. The lowest BCUT2D eigenvalue weighted by Crippen LogP contribution is -2.21. The number of anilines is 2. The number of amides is 2. The largest absolute Gasteiger partial charge is 0.338 e. The molecule has 12 heteroatoms. The number of aromatic nitrogens is 4. The van der Waals surface area contributed by atoms with Crippen LogP contribution in [0.15, 0.2) is 51.0 Å². The number of nitrogens with one attached hydrogen (secondary N) is 2. The molecule has 1 atom stereocenters. The molecular formula is C23H23FN6O4S. The maximum Gasteiger partial charge on any atom is 0.326 e. The van der Waals surface area contributed by atoms with Gasteiger partial charge in [0.2, 0.25) is 11.0 Å². The predicted molar refractivity (Wildman–Crippen MR) is 130 cm³/mol. The lowest BCUT2D eigenvalue weighted by Gasteiger charge is -2.12. The molecule has 10 nitrogen and oxygen atoms in total. The minimum Gasteiger partial charge on any atom is -0.338 e. The van der Waals surface area contributed by atoms with Crippen molar-refractivity contribution < 1.29 is 17.9 Å². The van der Waals surface area contributed by atoms with Gasteiger partial charge < -0.3 is 9.84 Å². The van der Waals surface area contributed by atoms with Gasteiger partial charge >= 0.3 is 6.03 Å². The molecule has 0 bridgehead atoms. The molecular weight excluding hydrogens is 475 g/mol. The second-order valence-corrected chi connectivity index (χ2v) is 10.2. The third-order valence-electron chi connectivity index (χ3n) is 5.22. The van der Waals surface area contributed by atoms with Crippen LogP contribution in [-0.2, 0) is 23.3 Å². The van der Waals surface area contributed by atoms with Crippen LogP contribution >= 0.6 is 0 Å². The average molecular weight is 499 g/mol. The zero-order valence-corrected chi connectivity index (χ0v) is 20.5. The summed E-state index contributed by atoms with van der Waals surface area (Å²) in [5, 5.41) is 9.47. The highest BCUT2D eigenvalue weighted by molar-refractivity contribution is 7.84. The van der Waals surface area contributed by atoms with Crippen LogP contribution in [0, 0.1) is 5.82 Å². The third-order valence-corrected chi connectivity index (χ3v) is 5.94. The smallest absolute Gasteiger partial charge is 0.326 e. The van der Waals surface area contributed by atoms with E-state index in [2.05, 4.69) is 25.8 Å². The normalized spacial score (nSPS) is 12.5. The number of hydrogen-bond acceptors (Lipinski definition) is 7. The summed E-state index contributed by atoms with van der Waals surface area (Å²) in [7, 11) is 0.124. The average Bonchev–Trinajstić information content (AvgIpc) is 3.26. The Morgan fingerprint density at radius 2 is 1.91 bits per heavy atom. The Morgan fingerprint density at radius 3 is 2.57 bits per heavy atom. The van der Waals surface area contributed by atoms with Gasteiger partial charge in [0, 0.05) is 41.9 Å². The first-order chi connectivity index (χ1) is 16.4. The number of urea groups is 1. The molecule has 0 aliphatic carbocycles. The lowest BCUT2D eigenvalue weighted by molar-refractivity contribution is 0.261. The van der Waals surface area contributed by atoms with E-state index >= 15 is 0 Å². The second-order valence-electron chi connectivity index (χ2n) is 8.91. The molecule has 1 aromatic carbocycles. The number of carbonyl (C=O) groups is 1. The Kier molecular flexibility index (Phi) is 6.24. The molecule has 0 aliphatic heterocycles. The molecule has 2 amide bonds. The van der Waals surface area contributed by atoms with Gasteiger partial charge in [-0.3, -0.25) is 18.9 Å². The lowest BCUT2D eigenvalue weighted by atomic mass is 9.92. The van der Waals surface area contributed by atoms with Crippen molar-refractivity contribution in [2.24, 2.45) is 7.05 Å². The summed E-state index contributed by atoms with van der Waals surface area (Å²) in [4.78, 5) is 33.7. The highest BCUT2D eigenvalue weighted by Crippen LogP contribution is 2.26. The van der Waals surface area contributed by atoms with Crippen LogP contribution < -0.4 is 16.2 Å². The Morgan fingerprint density at radius 1 is 1.17 bits per heavy atom. The van der Waals surface area contributed by atoms with Crippen molar-refractivity contribution in [1.29, 1.82) is 0 Å². The van der Waals surface area contributed by atoms with Gasteiger partial charge in [-0.1, -0.05) is 32.0 Å². The standard InChI is InChI=1S/C23H23FN6O4S/c1-23(2,3)17-10-18(34-29-17)27-21(32)26-16-9-12(6-7-15(16)24)14-8-13-11-25-22(35(5)33)28-19(13)30(4)20(14)31/h6-11H,1-5H3,(H2,26,27,32). The van der Waals surface area contributed by atoms with Crippen LogP contribution in [0.1, 0.15) is 26.5 Å². The van der Waals surface area contributed by atoms with E-state index in [1.54, 1.807) is 12.1 Å². The monoisotopic (exact) mass is 498 g/mol.